The first-order valence-corrected chi connectivity index (χ1v) is 11.6. The van der Waals surface area contributed by atoms with Crippen LogP contribution in [0.1, 0.15) is 43.7 Å². The molecule has 162 valence electrons. The number of sulfonamides is 1. The number of hydrogen-bond donors (Lipinski definition) is 1. The van der Waals surface area contributed by atoms with E-state index in [0.717, 1.165) is 16.8 Å². The Morgan fingerprint density at radius 3 is 2.61 bits per heavy atom. The first-order chi connectivity index (χ1) is 14.7. The minimum Gasteiger partial charge on any atom is -0.338 e. The summed E-state index contributed by atoms with van der Waals surface area (Å²) in [6, 6.07) is 12.6. The molecular formula is C22H24N4O4S. The molecule has 1 aromatic heterocycles. The van der Waals surface area contributed by atoms with Gasteiger partial charge in [0.1, 0.15) is 0 Å². The van der Waals surface area contributed by atoms with Crippen LogP contribution in [0.4, 0.5) is 5.69 Å². The Bertz CT molecular complexity index is 1220. The van der Waals surface area contributed by atoms with Crippen molar-refractivity contribution in [2.75, 3.05) is 11.4 Å². The van der Waals surface area contributed by atoms with E-state index < -0.39 is 10.0 Å². The van der Waals surface area contributed by atoms with Crippen LogP contribution in [0.2, 0.25) is 0 Å². The van der Waals surface area contributed by atoms with Crippen LogP contribution in [-0.4, -0.2) is 31.0 Å². The molecule has 3 aromatic rings. The van der Waals surface area contributed by atoms with E-state index in [1.165, 1.54) is 18.6 Å². The van der Waals surface area contributed by atoms with Gasteiger partial charge in [0.2, 0.25) is 27.6 Å². The molecule has 1 N–H and O–H groups in total. The number of fused-ring (bicyclic) bond motifs is 1. The number of benzene rings is 2. The molecule has 0 saturated heterocycles. The molecule has 0 radical (unpaired) electrons. The van der Waals surface area contributed by atoms with E-state index in [1.807, 2.05) is 24.3 Å². The Hall–Kier alpha value is -3.04. The number of amides is 1. The van der Waals surface area contributed by atoms with E-state index >= 15 is 0 Å². The van der Waals surface area contributed by atoms with Gasteiger partial charge in [-0.1, -0.05) is 43.3 Å². The molecule has 2 aromatic carbocycles. The SMILES string of the molecule is CC(=O)N1CCc2cc(S(=O)(=O)NCc3nc(-c4ccc(C(C)C)cc4)no3)ccc21. The lowest BCUT2D eigenvalue weighted by molar-refractivity contribution is -0.116. The maximum absolute atomic E-state index is 12.7. The molecule has 1 aliphatic rings. The van der Waals surface area contributed by atoms with Gasteiger partial charge in [-0.15, -0.1) is 0 Å². The summed E-state index contributed by atoms with van der Waals surface area (Å²) >= 11 is 0. The molecule has 0 bridgehead atoms. The Morgan fingerprint density at radius 2 is 1.94 bits per heavy atom. The van der Waals surface area contributed by atoms with Gasteiger partial charge in [0.25, 0.3) is 0 Å². The predicted octanol–water partition coefficient (Wildman–Crippen LogP) is 3.25. The second-order valence-electron chi connectivity index (χ2n) is 7.82. The van der Waals surface area contributed by atoms with Crippen molar-refractivity contribution in [2.45, 2.75) is 44.6 Å². The molecule has 0 atom stereocenters. The van der Waals surface area contributed by atoms with Gasteiger partial charge in [0.15, 0.2) is 0 Å². The molecule has 8 nitrogen and oxygen atoms in total. The first kappa shape index (κ1) is 21.2. The number of rotatable bonds is 6. The highest BCUT2D eigenvalue weighted by Crippen LogP contribution is 2.30. The summed E-state index contributed by atoms with van der Waals surface area (Å²) in [5.41, 5.74) is 3.61. The molecule has 0 saturated carbocycles. The number of carbonyl (C=O) groups excluding carboxylic acids is 1. The summed E-state index contributed by atoms with van der Waals surface area (Å²) in [5, 5.41) is 3.95. The fraction of sp³-hybridized carbons (Fsp3) is 0.318. The van der Waals surface area contributed by atoms with E-state index in [9.17, 15) is 13.2 Å². The minimum atomic E-state index is -3.77. The summed E-state index contributed by atoms with van der Waals surface area (Å²) in [6.07, 6.45) is 0.626. The molecule has 1 aliphatic heterocycles. The predicted molar refractivity (Wildman–Crippen MR) is 116 cm³/mol. The standard InChI is InChI=1S/C22H24N4O4S/c1-14(2)16-4-6-17(7-5-16)22-24-21(30-25-22)13-23-31(28,29)19-8-9-20-18(12-19)10-11-26(20)15(3)27/h4-9,12,14,23H,10-11,13H2,1-3H3. The molecule has 0 spiro atoms. The maximum atomic E-state index is 12.7. The van der Waals surface area contributed by atoms with Crippen LogP contribution in [-0.2, 0) is 27.8 Å². The lowest BCUT2D eigenvalue weighted by Gasteiger charge is -2.14. The molecular weight excluding hydrogens is 416 g/mol. The van der Waals surface area contributed by atoms with E-state index in [0.29, 0.717) is 24.7 Å². The number of hydrogen-bond acceptors (Lipinski definition) is 6. The fourth-order valence-electron chi connectivity index (χ4n) is 3.57. The van der Waals surface area contributed by atoms with Gasteiger partial charge in [-0.05, 0) is 41.7 Å². The highest BCUT2D eigenvalue weighted by Gasteiger charge is 2.25. The van der Waals surface area contributed by atoms with Crippen LogP contribution < -0.4 is 9.62 Å². The second kappa shape index (κ2) is 8.24. The average molecular weight is 441 g/mol. The summed E-state index contributed by atoms with van der Waals surface area (Å²) < 4.78 is 33.1. The van der Waals surface area contributed by atoms with Gasteiger partial charge in [0, 0.05) is 24.7 Å². The number of carbonyl (C=O) groups is 1. The summed E-state index contributed by atoms with van der Waals surface area (Å²) in [4.78, 5) is 17.7. The monoisotopic (exact) mass is 440 g/mol. The van der Waals surface area contributed by atoms with Gasteiger partial charge >= 0.3 is 0 Å². The van der Waals surface area contributed by atoms with Gasteiger partial charge in [-0.3, -0.25) is 4.79 Å². The molecule has 0 unspecified atom stereocenters. The van der Waals surface area contributed by atoms with Crippen LogP contribution >= 0.6 is 0 Å². The fourth-order valence-corrected chi connectivity index (χ4v) is 4.60. The van der Waals surface area contributed by atoms with Crippen LogP contribution in [0.3, 0.4) is 0 Å². The highest BCUT2D eigenvalue weighted by atomic mass is 32.2. The normalized spacial score (nSPS) is 13.6. The smallest absolute Gasteiger partial charge is 0.242 e. The molecule has 2 heterocycles. The van der Waals surface area contributed by atoms with Crippen molar-refractivity contribution in [1.29, 1.82) is 0 Å². The number of nitrogens with one attached hydrogen (secondary N) is 1. The minimum absolute atomic E-state index is 0.0569. The van der Waals surface area contributed by atoms with Gasteiger partial charge in [-0.2, -0.15) is 4.98 Å². The number of nitrogens with zero attached hydrogens (tertiary/aromatic N) is 3. The highest BCUT2D eigenvalue weighted by molar-refractivity contribution is 7.89. The van der Waals surface area contributed by atoms with Gasteiger partial charge < -0.3 is 9.42 Å². The van der Waals surface area contributed by atoms with Crippen molar-refractivity contribution in [3.63, 3.8) is 0 Å². The third-order valence-corrected chi connectivity index (χ3v) is 6.75. The average Bonchev–Trinajstić information content (AvgIpc) is 3.39. The molecule has 9 heteroatoms. The van der Waals surface area contributed by atoms with Crippen LogP contribution in [0.25, 0.3) is 11.4 Å². The Kier molecular flexibility index (Phi) is 5.63. The van der Waals surface area contributed by atoms with Gasteiger partial charge in [0.05, 0.1) is 11.4 Å². The van der Waals surface area contributed by atoms with Gasteiger partial charge in [-0.25, -0.2) is 13.1 Å². The second-order valence-corrected chi connectivity index (χ2v) is 9.59. The molecule has 31 heavy (non-hydrogen) atoms. The lowest BCUT2D eigenvalue weighted by atomic mass is 10.0. The Labute approximate surface area is 181 Å². The largest absolute Gasteiger partial charge is 0.338 e. The summed E-state index contributed by atoms with van der Waals surface area (Å²) in [5.74, 6) is 0.953. The van der Waals surface area contributed by atoms with Crippen molar-refractivity contribution in [3.8, 4) is 11.4 Å². The number of anilines is 1. The zero-order valence-corrected chi connectivity index (χ0v) is 18.4. The van der Waals surface area contributed by atoms with Crippen molar-refractivity contribution < 1.29 is 17.7 Å². The van der Waals surface area contributed by atoms with E-state index in [2.05, 4.69) is 28.7 Å². The third kappa shape index (κ3) is 4.38. The topological polar surface area (TPSA) is 105 Å². The zero-order chi connectivity index (χ0) is 22.2. The van der Waals surface area contributed by atoms with E-state index in [4.69, 9.17) is 4.52 Å². The molecule has 1 amide bonds. The lowest BCUT2D eigenvalue weighted by Crippen LogP contribution is -2.26. The van der Waals surface area contributed by atoms with E-state index in [-0.39, 0.29) is 23.2 Å². The van der Waals surface area contributed by atoms with Crippen LogP contribution in [0.15, 0.2) is 51.9 Å². The quantitative estimate of drug-likeness (QED) is 0.631. The zero-order valence-electron chi connectivity index (χ0n) is 17.6. The third-order valence-electron chi connectivity index (χ3n) is 5.35. The van der Waals surface area contributed by atoms with Crippen molar-refractivity contribution >= 4 is 21.6 Å². The summed E-state index contributed by atoms with van der Waals surface area (Å²) in [6.45, 7) is 6.18. The van der Waals surface area contributed by atoms with Crippen molar-refractivity contribution in [2.24, 2.45) is 0 Å². The first-order valence-electron chi connectivity index (χ1n) is 10.1. The van der Waals surface area contributed by atoms with Crippen LogP contribution in [0.5, 0.6) is 0 Å². The molecule has 0 aliphatic carbocycles. The Balaban J connectivity index is 1.45. The Morgan fingerprint density at radius 1 is 1.19 bits per heavy atom. The van der Waals surface area contributed by atoms with Crippen molar-refractivity contribution in [1.82, 2.24) is 14.9 Å². The molecule has 4 rings (SSSR count). The summed E-state index contributed by atoms with van der Waals surface area (Å²) in [7, 11) is -3.77. The van der Waals surface area contributed by atoms with Crippen molar-refractivity contribution in [3.05, 3.63) is 59.5 Å². The van der Waals surface area contributed by atoms with E-state index in [1.54, 1.807) is 17.0 Å². The number of aromatic nitrogens is 2. The van der Waals surface area contributed by atoms with Crippen LogP contribution in [0, 0.1) is 0 Å². The molecule has 0 fully saturated rings. The maximum Gasteiger partial charge on any atom is 0.242 e.